The standard InChI is InChI=1S/C22H23ClN4O3/c1-29-19-8-3-2-5-15(19)14-20(28)27-11-9-18(10-12-27)24-22-25-21(26-30-22)16-6-4-7-17(23)13-16/h2-8,13,18H,9-12,14H2,1H3,(H,24,25,26). The molecule has 1 aliphatic rings. The number of piperidine rings is 1. The third-order valence-corrected chi connectivity index (χ3v) is 5.45. The van der Waals surface area contributed by atoms with E-state index in [1.54, 1.807) is 19.2 Å². The van der Waals surface area contributed by atoms with Crippen molar-refractivity contribution in [2.24, 2.45) is 0 Å². The number of methoxy groups -OCH3 is 1. The van der Waals surface area contributed by atoms with Gasteiger partial charge >= 0.3 is 6.01 Å². The molecule has 0 saturated carbocycles. The van der Waals surface area contributed by atoms with Gasteiger partial charge in [0.1, 0.15) is 5.75 Å². The van der Waals surface area contributed by atoms with Gasteiger partial charge in [-0.3, -0.25) is 4.79 Å². The van der Waals surface area contributed by atoms with E-state index in [2.05, 4.69) is 15.5 Å². The van der Waals surface area contributed by atoms with E-state index in [-0.39, 0.29) is 11.9 Å². The summed E-state index contributed by atoms with van der Waals surface area (Å²) in [6, 6.07) is 15.5. The Morgan fingerprint density at radius 2 is 2.03 bits per heavy atom. The Morgan fingerprint density at radius 3 is 2.80 bits per heavy atom. The molecule has 0 spiro atoms. The Morgan fingerprint density at radius 1 is 1.23 bits per heavy atom. The van der Waals surface area contributed by atoms with Crippen molar-refractivity contribution in [2.45, 2.75) is 25.3 Å². The second-order valence-electron chi connectivity index (χ2n) is 7.22. The summed E-state index contributed by atoms with van der Waals surface area (Å²) in [4.78, 5) is 19.0. The SMILES string of the molecule is COc1ccccc1CC(=O)N1CCC(Nc2nc(-c3cccc(Cl)c3)no2)CC1. The van der Waals surface area contributed by atoms with Crippen LogP contribution < -0.4 is 10.1 Å². The molecular formula is C22H23ClN4O3. The summed E-state index contributed by atoms with van der Waals surface area (Å²) in [5.74, 6) is 1.35. The first-order valence-corrected chi connectivity index (χ1v) is 10.3. The normalized spacial score (nSPS) is 14.5. The fourth-order valence-electron chi connectivity index (χ4n) is 3.60. The van der Waals surface area contributed by atoms with Gasteiger partial charge in [0, 0.05) is 35.3 Å². The average molecular weight is 427 g/mol. The quantitative estimate of drug-likeness (QED) is 0.640. The van der Waals surface area contributed by atoms with Crippen molar-refractivity contribution < 1.29 is 14.1 Å². The summed E-state index contributed by atoms with van der Waals surface area (Å²) < 4.78 is 10.7. The Hall–Kier alpha value is -3.06. The summed E-state index contributed by atoms with van der Waals surface area (Å²) in [6.45, 7) is 1.36. The van der Waals surface area contributed by atoms with Crippen LogP contribution in [0.4, 0.5) is 6.01 Å². The fourth-order valence-corrected chi connectivity index (χ4v) is 3.79. The predicted octanol–water partition coefficient (Wildman–Crippen LogP) is 4.04. The molecule has 1 amide bonds. The van der Waals surface area contributed by atoms with Gasteiger partial charge in [-0.1, -0.05) is 47.1 Å². The number of nitrogens with one attached hydrogen (secondary N) is 1. The average Bonchev–Trinajstić information content (AvgIpc) is 3.23. The molecule has 7 nitrogen and oxygen atoms in total. The molecule has 30 heavy (non-hydrogen) atoms. The smallest absolute Gasteiger partial charge is 0.322 e. The molecule has 0 unspecified atom stereocenters. The lowest BCUT2D eigenvalue weighted by molar-refractivity contribution is -0.131. The van der Waals surface area contributed by atoms with Crippen molar-refractivity contribution in [3.05, 3.63) is 59.1 Å². The van der Waals surface area contributed by atoms with E-state index in [1.807, 2.05) is 41.3 Å². The number of amides is 1. The first-order chi connectivity index (χ1) is 14.6. The highest BCUT2D eigenvalue weighted by atomic mass is 35.5. The number of anilines is 1. The molecule has 2 heterocycles. The largest absolute Gasteiger partial charge is 0.496 e. The highest BCUT2D eigenvalue weighted by molar-refractivity contribution is 6.30. The topological polar surface area (TPSA) is 80.5 Å². The maximum absolute atomic E-state index is 12.7. The number of halogens is 1. The number of para-hydroxylation sites is 1. The van der Waals surface area contributed by atoms with Gasteiger partial charge in [-0.15, -0.1) is 0 Å². The predicted molar refractivity (Wildman–Crippen MR) is 115 cm³/mol. The van der Waals surface area contributed by atoms with Crippen LogP contribution in [0, 0.1) is 0 Å². The minimum atomic E-state index is 0.110. The zero-order valence-corrected chi connectivity index (χ0v) is 17.4. The van der Waals surface area contributed by atoms with Crippen molar-refractivity contribution in [1.29, 1.82) is 0 Å². The van der Waals surface area contributed by atoms with E-state index in [0.717, 1.165) is 29.7 Å². The van der Waals surface area contributed by atoms with Crippen molar-refractivity contribution >= 4 is 23.5 Å². The minimum absolute atomic E-state index is 0.110. The molecule has 0 aliphatic carbocycles. The number of carbonyl (C=O) groups is 1. The highest BCUT2D eigenvalue weighted by Crippen LogP contribution is 2.23. The number of aromatic nitrogens is 2. The monoisotopic (exact) mass is 426 g/mol. The van der Waals surface area contributed by atoms with Crippen LogP contribution in [0.5, 0.6) is 5.75 Å². The molecule has 1 N–H and O–H groups in total. The van der Waals surface area contributed by atoms with E-state index >= 15 is 0 Å². The zero-order chi connectivity index (χ0) is 20.9. The van der Waals surface area contributed by atoms with E-state index in [1.165, 1.54) is 0 Å². The highest BCUT2D eigenvalue weighted by Gasteiger charge is 2.24. The van der Waals surface area contributed by atoms with E-state index in [4.69, 9.17) is 20.9 Å². The second kappa shape index (κ2) is 9.17. The number of rotatable bonds is 6. The third kappa shape index (κ3) is 4.74. The maximum atomic E-state index is 12.7. The van der Waals surface area contributed by atoms with Crippen molar-refractivity contribution in [3.63, 3.8) is 0 Å². The number of likely N-dealkylation sites (tertiary alicyclic amines) is 1. The van der Waals surface area contributed by atoms with Crippen molar-refractivity contribution in [2.75, 3.05) is 25.5 Å². The Bertz CT molecular complexity index is 1010. The number of carbonyl (C=O) groups excluding carboxylic acids is 1. The van der Waals surface area contributed by atoms with Crippen LogP contribution in [0.15, 0.2) is 53.1 Å². The molecule has 1 fully saturated rings. The second-order valence-corrected chi connectivity index (χ2v) is 7.66. The number of hydrogen-bond donors (Lipinski definition) is 1. The summed E-state index contributed by atoms with van der Waals surface area (Å²) in [6.07, 6.45) is 1.97. The number of ether oxygens (including phenoxy) is 1. The lowest BCUT2D eigenvalue weighted by atomic mass is 10.0. The van der Waals surface area contributed by atoms with Gasteiger partial charge in [0.2, 0.25) is 11.7 Å². The van der Waals surface area contributed by atoms with Gasteiger partial charge in [0.25, 0.3) is 0 Å². The molecule has 0 bridgehead atoms. The van der Waals surface area contributed by atoms with E-state index in [0.29, 0.717) is 36.4 Å². The van der Waals surface area contributed by atoms with Gasteiger partial charge in [-0.25, -0.2) is 0 Å². The van der Waals surface area contributed by atoms with Crippen LogP contribution in [0.3, 0.4) is 0 Å². The number of nitrogens with zero attached hydrogens (tertiary/aromatic N) is 3. The molecule has 0 radical (unpaired) electrons. The van der Waals surface area contributed by atoms with Crippen molar-refractivity contribution in [1.82, 2.24) is 15.0 Å². The molecular weight excluding hydrogens is 404 g/mol. The lowest BCUT2D eigenvalue weighted by Gasteiger charge is -2.32. The molecule has 1 aliphatic heterocycles. The van der Waals surface area contributed by atoms with E-state index < -0.39 is 0 Å². The molecule has 3 aromatic rings. The zero-order valence-electron chi connectivity index (χ0n) is 16.7. The first-order valence-electron chi connectivity index (χ1n) is 9.88. The number of benzene rings is 2. The van der Waals surface area contributed by atoms with Crippen LogP contribution in [0.1, 0.15) is 18.4 Å². The fraction of sp³-hybridized carbons (Fsp3) is 0.318. The van der Waals surface area contributed by atoms with Gasteiger partial charge < -0.3 is 19.5 Å². The van der Waals surface area contributed by atoms with E-state index in [9.17, 15) is 4.79 Å². The lowest BCUT2D eigenvalue weighted by Crippen LogP contribution is -2.43. The maximum Gasteiger partial charge on any atom is 0.322 e. The van der Waals surface area contributed by atoms with Crippen LogP contribution in [0.25, 0.3) is 11.4 Å². The molecule has 2 aromatic carbocycles. The van der Waals surface area contributed by atoms with Crippen LogP contribution >= 0.6 is 11.6 Å². The molecule has 0 atom stereocenters. The molecule has 1 saturated heterocycles. The molecule has 4 rings (SSSR count). The van der Waals surface area contributed by atoms with Gasteiger partial charge in [-0.2, -0.15) is 4.98 Å². The van der Waals surface area contributed by atoms with Gasteiger partial charge in [0.15, 0.2) is 0 Å². The minimum Gasteiger partial charge on any atom is -0.496 e. The molecule has 156 valence electrons. The van der Waals surface area contributed by atoms with Crippen LogP contribution in [-0.2, 0) is 11.2 Å². The van der Waals surface area contributed by atoms with Gasteiger partial charge in [-0.05, 0) is 31.0 Å². The summed E-state index contributed by atoms with van der Waals surface area (Å²) in [5, 5.41) is 7.92. The Kier molecular flexibility index (Phi) is 6.18. The Labute approximate surface area is 180 Å². The Balaban J connectivity index is 1.30. The van der Waals surface area contributed by atoms with Crippen LogP contribution in [-0.4, -0.2) is 47.2 Å². The summed E-state index contributed by atoms with van der Waals surface area (Å²) >= 11 is 6.02. The third-order valence-electron chi connectivity index (χ3n) is 5.22. The summed E-state index contributed by atoms with van der Waals surface area (Å²) in [7, 11) is 1.62. The molecule has 8 heteroatoms. The number of hydrogen-bond acceptors (Lipinski definition) is 6. The van der Waals surface area contributed by atoms with Crippen LogP contribution in [0.2, 0.25) is 5.02 Å². The van der Waals surface area contributed by atoms with Crippen molar-refractivity contribution in [3.8, 4) is 17.1 Å². The van der Waals surface area contributed by atoms with Gasteiger partial charge in [0.05, 0.1) is 13.5 Å². The first kappa shape index (κ1) is 20.2. The molecule has 1 aromatic heterocycles. The summed E-state index contributed by atoms with van der Waals surface area (Å²) in [5.41, 5.74) is 1.71.